The highest BCUT2D eigenvalue weighted by atomic mass is 19.1. The molecule has 0 saturated carbocycles. The number of carbonyl (C=O) groups is 2. The standard InChI is InChI=1S/C19H16FN3O2/c20-16-7-5-14(6-8-16)13-23-10-2-4-17(23)18(24)19(25)22-12-15-3-1-9-21-11-15/h1-11H,12-13H2,(H,22,25). The Morgan fingerprint density at radius 1 is 1.04 bits per heavy atom. The van der Waals surface area contributed by atoms with E-state index in [9.17, 15) is 14.0 Å². The third-order valence-electron chi connectivity index (χ3n) is 3.71. The number of Topliss-reactive ketones (excluding diaryl/α,β-unsaturated/α-hetero) is 1. The van der Waals surface area contributed by atoms with Gasteiger partial charge in [0, 0.05) is 31.7 Å². The molecule has 2 heterocycles. The fourth-order valence-corrected chi connectivity index (χ4v) is 2.43. The number of ketones is 1. The van der Waals surface area contributed by atoms with Gasteiger partial charge in [-0.2, -0.15) is 0 Å². The highest BCUT2D eigenvalue weighted by molar-refractivity contribution is 6.42. The fourth-order valence-electron chi connectivity index (χ4n) is 2.43. The summed E-state index contributed by atoms with van der Waals surface area (Å²) in [6.45, 7) is 0.612. The van der Waals surface area contributed by atoms with E-state index in [1.165, 1.54) is 12.1 Å². The van der Waals surface area contributed by atoms with E-state index in [0.29, 0.717) is 6.54 Å². The lowest BCUT2D eigenvalue weighted by Gasteiger charge is -2.09. The lowest BCUT2D eigenvalue weighted by molar-refractivity contribution is -0.117. The van der Waals surface area contributed by atoms with Crippen LogP contribution in [0.3, 0.4) is 0 Å². The number of pyridine rings is 1. The molecule has 6 heteroatoms. The Kier molecular flexibility index (Phi) is 4.99. The number of carbonyl (C=O) groups excluding carboxylic acids is 2. The van der Waals surface area contributed by atoms with Crippen LogP contribution in [0.25, 0.3) is 0 Å². The number of hydrogen-bond acceptors (Lipinski definition) is 3. The molecule has 0 aliphatic rings. The van der Waals surface area contributed by atoms with Gasteiger partial charge in [0.05, 0.1) is 5.69 Å². The van der Waals surface area contributed by atoms with Gasteiger partial charge < -0.3 is 9.88 Å². The summed E-state index contributed by atoms with van der Waals surface area (Å²) in [6, 6.07) is 12.9. The second-order valence-electron chi connectivity index (χ2n) is 5.52. The van der Waals surface area contributed by atoms with Crippen LogP contribution in [0, 0.1) is 5.82 Å². The second-order valence-corrected chi connectivity index (χ2v) is 5.52. The van der Waals surface area contributed by atoms with Crippen LogP contribution in [-0.2, 0) is 17.9 Å². The third kappa shape index (κ3) is 4.17. The summed E-state index contributed by atoms with van der Waals surface area (Å²) < 4.78 is 14.7. The number of amides is 1. The van der Waals surface area contributed by atoms with E-state index in [1.807, 2.05) is 6.07 Å². The monoisotopic (exact) mass is 337 g/mol. The van der Waals surface area contributed by atoms with Crippen molar-refractivity contribution < 1.29 is 14.0 Å². The number of nitrogens with zero attached hydrogens (tertiary/aromatic N) is 2. The van der Waals surface area contributed by atoms with Crippen LogP contribution in [0.5, 0.6) is 0 Å². The van der Waals surface area contributed by atoms with Crippen LogP contribution in [0.4, 0.5) is 4.39 Å². The molecular formula is C19H16FN3O2. The van der Waals surface area contributed by atoms with Crippen LogP contribution >= 0.6 is 0 Å². The summed E-state index contributed by atoms with van der Waals surface area (Å²) in [7, 11) is 0. The molecule has 1 aromatic carbocycles. The normalized spacial score (nSPS) is 10.4. The van der Waals surface area contributed by atoms with Crippen molar-refractivity contribution in [1.29, 1.82) is 0 Å². The van der Waals surface area contributed by atoms with E-state index in [-0.39, 0.29) is 18.1 Å². The zero-order valence-electron chi connectivity index (χ0n) is 13.4. The van der Waals surface area contributed by atoms with Crippen LogP contribution in [0.15, 0.2) is 67.1 Å². The van der Waals surface area contributed by atoms with Gasteiger partial charge in [0.15, 0.2) is 0 Å². The number of aromatic nitrogens is 2. The van der Waals surface area contributed by atoms with Crippen LogP contribution in [0.2, 0.25) is 0 Å². The predicted octanol–water partition coefficient (Wildman–Crippen LogP) is 2.57. The topological polar surface area (TPSA) is 64.0 Å². The van der Waals surface area contributed by atoms with E-state index >= 15 is 0 Å². The first-order chi connectivity index (χ1) is 12.1. The first-order valence-electron chi connectivity index (χ1n) is 7.74. The molecule has 0 aliphatic heterocycles. The van der Waals surface area contributed by atoms with Crippen molar-refractivity contribution in [3.8, 4) is 0 Å². The highest BCUT2D eigenvalue weighted by Crippen LogP contribution is 2.10. The summed E-state index contributed by atoms with van der Waals surface area (Å²) in [5, 5.41) is 2.59. The van der Waals surface area contributed by atoms with Gasteiger partial charge in [-0.15, -0.1) is 0 Å². The SMILES string of the molecule is O=C(NCc1cccnc1)C(=O)c1cccn1Cc1ccc(F)cc1. The molecule has 0 bridgehead atoms. The van der Waals surface area contributed by atoms with Crippen molar-refractivity contribution in [3.63, 3.8) is 0 Å². The molecule has 0 saturated heterocycles. The average molecular weight is 337 g/mol. The van der Waals surface area contributed by atoms with Crippen LogP contribution < -0.4 is 5.32 Å². The Morgan fingerprint density at radius 3 is 2.56 bits per heavy atom. The zero-order chi connectivity index (χ0) is 17.6. The summed E-state index contributed by atoms with van der Waals surface area (Å²) in [4.78, 5) is 28.5. The van der Waals surface area contributed by atoms with Gasteiger partial charge in [-0.1, -0.05) is 18.2 Å². The van der Waals surface area contributed by atoms with Crippen molar-refractivity contribution in [2.24, 2.45) is 0 Å². The fraction of sp³-hybridized carbons (Fsp3) is 0.105. The Morgan fingerprint density at radius 2 is 1.84 bits per heavy atom. The molecule has 1 amide bonds. The maximum absolute atomic E-state index is 13.0. The van der Waals surface area contributed by atoms with Crippen LogP contribution in [0.1, 0.15) is 21.6 Å². The molecule has 5 nitrogen and oxygen atoms in total. The van der Waals surface area contributed by atoms with E-state index in [2.05, 4.69) is 10.3 Å². The molecule has 0 aliphatic carbocycles. The van der Waals surface area contributed by atoms with Gasteiger partial charge in [0.1, 0.15) is 5.82 Å². The minimum atomic E-state index is -0.678. The molecule has 3 rings (SSSR count). The number of benzene rings is 1. The Bertz CT molecular complexity index is 873. The molecule has 0 fully saturated rings. The lowest BCUT2D eigenvalue weighted by Crippen LogP contribution is -2.32. The van der Waals surface area contributed by atoms with Gasteiger partial charge in [-0.25, -0.2) is 4.39 Å². The molecule has 2 aromatic heterocycles. The highest BCUT2D eigenvalue weighted by Gasteiger charge is 2.19. The average Bonchev–Trinajstić information content (AvgIpc) is 3.10. The summed E-state index contributed by atoms with van der Waals surface area (Å²) in [5.74, 6) is -1.61. The van der Waals surface area contributed by atoms with Gasteiger partial charge >= 0.3 is 0 Å². The van der Waals surface area contributed by atoms with E-state index in [1.54, 1.807) is 53.5 Å². The molecule has 0 radical (unpaired) electrons. The summed E-state index contributed by atoms with van der Waals surface area (Å²) in [6.07, 6.45) is 4.98. The van der Waals surface area contributed by atoms with Crippen molar-refractivity contribution in [2.75, 3.05) is 0 Å². The number of rotatable bonds is 6. The molecule has 0 unspecified atom stereocenters. The van der Waals surface area contributed by atoms with Crippen molar-refractivity contribution in [1.82, 2.24) is 14.9 Å². The molecule has 3 aromatic rings. The summed E-state index contributed by atoms with van der Waals surface area (Å²) >= 11 is 0. The van der Waals surface area contributed by atoms with Crippen molar-refractivity contribution in [2.45, 2.75) is 13.1 Å². The second kappa shape index (κ2) is 7.53. The lowest BCUT2D eigenvalue weighted by atomic mass is 10.2. The smallest absolute Gasteiger partial charge is 0.294 e. The molecule has 126 valence electrons. The molecule has 1 N–H and O–H groups in total. The van der Waals surface area contributed by atoms with Gasteiger partial charge in [-0.3, -0.25) is 14.6 Å². The van der Waals surface area contributed by atoms with E-state index < -0.39 is 11.7 Å². The quantitative estimate of drug-likeness (QED) is 0.555. The molecular weight excluding hydrogens is 321 g/mol. The first-order valence-corrected chi connectivity index (χ1v) is 7.74. The van der Waals surface area contributed by atoms with Gasteiger partial charge in [-0.05, 0) is 41.5 Å². The van der Waals surface area contributed by atoms with Gasteiger partial charge in [0.2, 0.25) is 0 Å². The number of hydrogen-bond donors (Lipinski definition) is 1. The number of nitrogens with one attached hydrogen (secondary N) is 1. The minimum absolute atomic E-state index is 0.233. The number of halogens is 1. The Balaban J connectivity index is 1.67. The molecule has 25 heavy (non-hydrogen) atoms. The predicted molar refractivity (Wildman–Crippen MR) is 90.3 cm³/mol. The molecule has 0 atom stereocenters. The van der Waals surface area contributed by atoms with Crippen molar-refractivity contribution >= 4 is 11.7 Å². The van der Waals surface area contributed by atoms with Crippen LogP contribution in [-0.4, -0.2) is 21.2 Å². The first kappa shape index (κ1) is 16.6. The van der Waals surface area contributed by atoms with Crippen molar-refractivity contribution in [3.05, 3.63) is 89.8 Å². The third-order valence-corrected chi connectivity index (χ3v) is 3.71. The van der Waals surface area contributed by atoms with Gasteiger partial charge in [0.25, 0.3) is 11.7 Å². The Hall–Kier alpha value is -3.28. The maximum Gasteiger partial charge on any atom is 0.294 e. The Labute approximate surface area is 144 Å². The molecule has 0 spiro atoms. The van der Waals surface area contributed by atoms with E-state index in [0.717, 1.165) is 11.1 Å². The van der Waals surface area contributed by atoms with E-state index in [4.69, 9.17) is 0 Å². The largest absolute Gasteiger partial charge is 0.345 e. The minimum Gasteiger partial charge on any atom is -0.345 e. The zero-order valence-corrected chi connectivity index (χ0v) is 13.4. The maximum atomic E-state index is 13.0. The summed E-state index contributed by atoms with van der Waals surface area (Å²) in [5.41, 5.74) is 1.93.